The van der Waals surface area contributed by atoms with Gasteiger partial charge in [-0.05, 0) is 24.8 Å². The van der Waals surface area contributed by atoms with Crippen LogP contribution in [0.3, 0.4) is 0 Å². The van der Waals surface area contributed by atoms with E-state index in [1.807, 2.05) is 6.07 Å². The summed E-state index contributed by atoms with van der Waals surface area (Å²) in [4.78, 5) is 20.1. The summed E-state index contributed by atoms with van der Waals surface area (Å²) in [5.74, 6) is -0.447. The molecule has 30 heavy (non-hydrogen) atoms. The fraction of sp³-hybridized carbons (Fsp3) is 0.450. The van der Waals surface area contributed by atoms with Gasteiger partial charge in [-0.1, -0.05) is 30.3 Å². The molecule has 1 aromatic heterocycles. The van der Waals surface area contributed by atoms with Crippen molar-refractivity contribution in [3.05, 3.63) is 60.2 Å². The maximum Gasteiger partial charge on any atom is 0.271 e. The monoisotopic (exact) mass is 434 g/mol. The lowest BCUT2D eigenvalue weighted by molar-refractivity contribution is -0.0891. The lowest BCUT2D eigenvalue weighted by Gasteiger charge is -2.36. The third-order valence-electron chi connectivity index (χ3n) is 4.90. The van der Waals surface area contributed by atoms with E-state index >= 15 is 0 Å². The number of sulfonamides is 1. The first-order valence-corrected chi connectivity index (χ1v) is 11.5. The molecule has 1 fully saturated rings. The first-order chi connectivity index (χ1) is 14.5. The summed E-state index contributed by atoms with van der Waals surface area (Å²) in [5.41, 5.74) is 0.921. The summed E-state index contributed by atoms with van der Waals surface area (Å²) in [6.07, 6.45) is 5.25. The largest absolute Gasteiger partial charge is 0.394 e. The molecule has 0 saturated carbocycles. The van der Waals surface area contributed by atoms with Gasteiger partial charge in [-0.15, -0.1) is 0 Å². The summed E-state index contributed by atoms with van der Waals surface area (Å²) in [5, 5.41) is 12.5. The zero-order valence-electron chi connectivity index (χ0n) is 16.5. The van der Waals surface area contributed by atoms with E-state index in [4.69, 9.17) is 4.74 Å². The first-order valence-electron chi connectivity index (χ1n) is 9.81. The van der Waals surface area contributed by atoms with Crippen molar-refractivity contribution in [1.82, 2.24) is 20.0 Å². The molecule has 3 rings (SSSR count). The van der Waals surface area contributed by atoms with E-state index in [1.54, 1.807) is 24.3 Å². The molecule has 162 valence electrons. The number of hydrogen-bond donors (Lipinski definition) is 3. The third kappa shape index (κ3) is 6.56. The van der Waals surface area contributed by atoms with Crippen molar-refractivity contribution in [3.8, 4) is 0 Å². The Morgan fingerprint density at radius 2 is 2.00 bits per heavy atom. The van der Waals surface area contributed by atoms with Crippen LogP contribution in [-0.4, -0.2) is 60.8 Å². The van der Waals surface area contributed by atoms with E-state index in [1.165, 1.54) is 18.6 Å². The lowest BCUT2D eigenvalue weighted by atomic mass is 9.97. The molecule has 1 amide bonds. The van der Waals surface area contributed by atoms with E-state index in [0.717, 1.165) is 5.56 Å². The van der Waals surface area contributed by atoms with Gasteiger partial charge in [0.2, 0.25) is 10.0 Å². The number of benzene rings is 1. The molecule has 0 bridgehead atoms. The molecule has 0 spiro atoms. The molecule has 0 radical (unpaired) electrons. The SMILES string of the molecule is O=C(N[C@H]1CC[C@@H](CCNS(=O)(=O)Cc2ccccc2)O[C@@H]1CO)c1cnccn1. The van der Waals surface area contributed by atoms with Crippen LogP contribution in [0.2, 0.25) is 0 Å². The molecular formula is C20H26N4O5S. The highest BCUT2D eigenvalue weighted by atomic mass is 32.2. The van der Waals surface area contributed by atoms with Crippen LogP contribution in [0.5, 0.6) is 0 Å². The number of nitrogens with zero attached hydrogens (tertiary/aromatic N) is 2. The minimum Gasteiger partial charge on any atom is -0.394 e. The third-order valence-corrected chi connectivity index (χ3v) is 6.25. The topological polar surface area (TPSA) is 131 Å². The number of aliphatic hydroxyl groups excluding tert-OH is 1. The number of aliphatic hydroxyl groups is 1. The molecule has 3 N–H and O–H groups in total. The number of carbonyl (C=O) groups is 1. The van der Waals surface area contributed by atoms with Crippen molar-refractivity contribution in [2.45, 2.75) is 43.3 Å². The van der Waals surface area contributed by atoms with Crippen LogP contribution in [0.25, 0.3) is 0 Å². The number of nitrogens with one attached hydrogen (secondary N) is 2. The number of amides is 1. The molecule has 3 atom stereocenters. The highest BCUT2D eigenvalue weighted by molar-refractivity contribution is 7.88. The first kappa shape index (κ1) is 22.3. The summed E-state index contributed by atoms with van der Waals surface area (Å²) >= 11 is 0. The van der Waals surface area contributed by atoms with Crippen LogP contribution in [0.4, 0.5) is 0 Å². The zero-order chi connectivity index (χ0) is 21.4. The molecule has 1 aliphatic heterocycles. The predicted molar refractivity (Wildman–Crippen MR) is 110 cm³/mol. The predicted octanol–water partition coefficient (Wildman–Crippen LogP) is 0.625. The summed E-state index contributed by atoms with van der Waals surface area (Å²) in [7, 11) is -3.44. The average molecular weight is 435 g/mol. The number of ether oxygens (including phenoxy) is 1. The van der Waals surface area contributed by atoms with Crippen molar-refractivity contribution in [2.75, 3.05) is 13.2 Å². The molecule has 1 saturated heterocycles. The van der Waals surface area contributed by atoms with Crippen molar-refractivity contribution >= 4 is 15.9 Å². The van der Waals surface area contributed by atoms with Crippen molar-refractivity contribution in [2.24, 2.45) is 0 Å². The van der Waals surface area contributed by atoms with Crippen LogP contribution < -0.4 is 10.0 Å². The Labute approximate surface area is 176 Å². The minimum absolute atomic E-state index is 0.0743. The quantitative estimate of drug-likeness (QED) is 0.527. The number of aromatic nitrogens is 2. The molecule has 1 aromatic carbocycles. The van der Waals surface area contributed by atoms with Crippen LogP contribution in [0, 0.1) is 0 Å². The highest BCUT2D eigenvalue weighted by Crippen LogP contribution is 2.22. The molecule has 2 aromatic rings. The van der Waals surface area contributed by atoms with Gasteiger partial charge in [0.1, 0.15) is 11.8 Å². The van der Waals surface area contributed by atoms with Gasteiger partial charge in [-0.3, -0.25) is 9.78 Å². The standard InChI is InChI=1S/C20H26N4O5S/c25-13-19-17(24-20(26)18-12-21-10-11-22-18)7-6-16(29-19)8-9-23-30(27,28)14-15-4-2-1-3-5-15/h1-5,10-12,16-17,19,23,25H,6-9,13-14H2,(H,24,26)/t16-,17-,19+/m0/s1. The van der Waals surface area contributed by atoms with E-state index < -0.39 is 16.1 Å². The van der Waals surface area contributed by atoms with Gasteiger partial charge in [0.05, 0.1) is 30.7 Å². The van der Waals surface area contributed by atoms with Gasteiger partial charge >= 0.3 is 0 Å². The second kappa shape index (κ2) is 10.6. The number of carbonyl (C=O) groups excluding carboxylic acids is 1. The molecule has 1 aliphatic rings. The van der Waals surface area contributed by atoms with Crippen molar-refractivity contribution < 1.29 is 23.1 Å². The summed E-state index contributed by atoms with van der Waals surface area (Å²) in [6, 6.07) is 8.63. The van der Waals surface area contributed by atoms with E-state index in [2.05, 4.69) is 20.0 Å². The van der Waals surface area contributed by atoms with Crippen LogP contribution in [-0.2, 0) is 20.5 Å². The Morgan fingerprint density at radius 3 is 2.70 bits per heavy atom. The summed E-state index contributed by atoms with van der Waals surface area (Å²) < 4.78 is 32.9. The van der Waals surface area contributed by atoms with E-state index in [-0.39, 0.29) is 42.7 Å². The normalized spacial score (nSPS) is 21.8. The second-order valence-corrected chi connectivity index (χ2v) is 8.96. The molecular weight excluding hydrogens is 408 g/mol. The number of rotatable bonds is 9. The molecule has 0 aliphatic carbocycles. The van der Waals surface area contributed by atoms with Gasteiger partial charge in [-0.2, -0.15) is 0 Å². The van der Waals surface area contributed by atoms with Gasteiger partial charge in [0, 0.05) is 18.9 Å². The van der Waals surface area contributed by atoms with Crippen LogP contribution in [0.1, 0.15) is 35.3 Å². The second-order valence-electron chi connectivity index (χ2n) is 7.15. The van der Waals surface area contributed by atoms with Gasteiger partial charge in [-0.25, -0.2) is 18.1 Å². The molecule has 2 heterocycles. The van der Waals surface area contributed by atoms with E-state index in [0.29, 0.717) is 19.3 Å². The van der Waals surface area contributed by atoms with Gasteiger partial charge in [0.15, 0.2) is 0 Å². The number of hydrogen-bond acceptors (Lipinski definition) is 7. The average Bonchev–Trinajstić information content (AvgIpc) is 2.75. The van der Waals surface area contributed by atoms with E-state index in [9.17, 15) is 18.3 Å². The van der Waals surface area contributed by atoms with Gasteiger partial charge < -0.3 is 15.2 Å². The van der Waals surface area contributed by atoms with Crippen molar-refractivity contribution in [1.29, 1.82) is 0 Å². The Hall–Kier alpha value is -2.40. The molecule has 10 heteroatoms. The lowest BCUT2D eigenvalue weighted by Crippen LogP contribution is -2.51. The smallest absolute Gasteiger partial charge is 0.271 e. The Bertz CT molecular complexity index is 911. The van der Waals surface area contributed by atoms with Crippen molar-refractivity contribution in [3.63, 3.8) is 0 Å². The fourth-order valence-corrected chi connectivity index (χ4v) is 4.55. The fourth-order valence-electron chi connectivity index (χ4n) is 3.39. The maximum absolute atomic E-state index is 12.3. The molecule has 0 unspecified atom stereocenters. The minimum atomic E-state index is -3.44. The Kier molecular flexibility index (Phi) is 7.86. The zero-order valence-corrected chi connectivity index (χ0v) is 17.3. The summed E-state index contributed by atoms with van der Waals surface area (Å²) in [6.45, 7) is -0.00371. The van der Waals surface area contributed by atoms with Gasteiger partial charge in [0.25, 0.3) is 5.91 Å². The Balaban J connectivity index is 1.45. The highest BCUT2D eigenvalue weighted by Gasteiger charge is 2.32. The van der Waals surface area contributed by atoms with Crippen LogP contribution >= 0.6 is 0 Å². The Morgan fingerprint density at radius 1 is 1.20 bits per heavy atom. The molecule has 9 nitrogen and oxygen atoms in total. The maximum atomic E-state index is 12.3. The van der Waals surface area contributed by atoms with Crippen LogP contribution in [0.15, 0.2) is 48.9 Å².